The average molecular weight is 363 g/mol. The van der Waals surface area contributed by atoms with E-state index in [-0.39, 0.29) is 0 Å². The first-order valence-electron chi connectivity index (χ1n) is 9.00. The highest BCUT2D eigenvalue weighted by Crippen LogP contribution is 2.29. The van der Waals surface area contributed by atoms with Crippen molar-refractivity contribution in [1.82, 2.24) is 15.2 Å². The summed E-state index contributed by atoms with van der Waals surface area (Å²) in [6.07, 6.45) is 1.62. The highest BCUT2D eigenvalue weighted by atomic mass is 16.5. The van der Waals surface area contributed by atoms with Gasteiger partial charge in [0.2, 0.25) is 5.95 Å². The standard InChI is InChI=1S/C21H25N5O/c1-14(2)18-7-5-6-15(3)20(18)25-21-24-19(13-23-26-21)22-12-16-8-10-17(27-4)11-9-16/h5-11,13-14H,12H2,1-4H3,(H2,22,24,25,26). The zero-order valence-corrected chi connectivity index (χ0v) is 16.2. The minimum atomic E-state index is 0.400. The number of rotatable bonds is 7. The Labute approximate surface area is 160 Å². The third-order valence-corrected chi connectivity index (χ3v) is 4.36. The molecule has 6 nitrogen and oxygen atoms in total. The summed E-state index contributed by atoms with van der Waals surface area (Å²) in [6.45, 7) is 7.06. The number of hydrogen-bond donors (Lipinski definition) is 2. The number of nitrogens with one attached hydrogen (secondary N) is 2. The van der Waals surface area contributed by atoms with Crippen molar-refractivity contribution in [2.24, 2.45) is 0 Å². The zero-order chi connectivity index (χ0) is 19.2. The molecule has 0 spiro atoms. The van der Waals surface area contributed by atoms with Crippen molar-refractivity contribution in [2.45, 2.75) is 33.2 Å². The van der Waals surface area contributed by atoms with Gasteiger partial charge >= 0.3 is 0 Å². The van der Waals surface area contributed by atoms with Gasteiger partial charge in [-0.3, -0.25) is 0 Å². The van der Waals surface area contributed by atoms with Gasteiger partial charge in [-0.1, -0.05) is 44.2 Å². The molecule has 0 unspecified atom stereocenters. The lowest BCUT2D eigenvalue weighted by Gasteiger charge is -2.16. The molecule has 0 radical (unpaired) electrons. The van der Waals surface area contributed by atoms with Crippen LogP contribution < -0.4 is 15.4 Å². The summed E-state index contributed by atoms with van der Waals surface area (Å²) in [5.74, 6) is 2.39. The smallest absolute Gasteiger partial charge is 0.249 e. The predicted molar refractivity (Wildman–Crippen MR) is 109 cm³/mol. The zero-order valence-electron chi connectivity index (χ0n) is 16.2. The van der Waals surface area contributed by atoms with Gasteiger partial charge in [-0.2, -0.15) is 10.1 Å². The second-order valence-electron chi connectivity index (χ2n) is 6.69. The van der Waals surface area contributed by atoms with Gasteiger partial charge in [0.15, 0.2) is 5.82 Å². The maximum absolute atomic E-state index is 5.18. The quantitative estimate of drug-likeness (QED) is 0.636. The van der Waals surface area contributed by atoms with Crippen LogP contribution in [0.2, 0.25) is 0 Å². The molecule has 0 atom stereocenters. The van der Waals surface area contributed by atoms with Crippen LogP contribution in [-0.4, -0.2) is 22.3 Å². The Hall–Kier alpha value is -3.15. The molecule has 6 heteroatoms. The highest BCUT2D eigenvalue weighted by Gasteiger charge is 2.11. The molecule has 0 aliphatic heterocycles. The van der Waals surface area contributed by atoms with E-state index in [2.05, 4.69) is 64.8 Å². The fourth-order valence-electron chi connectivity index (χ4n) is 2.83. The molecular weight excluding hydrogens is 338 g/mol. The Morgan fingerprint density at radius 2 is 1.85 bits per heavy atom. The summed E-state index contributed by atoms with van der Waals surface area (Å²) < 4.78 is 5.18. The van der Waals surface area contributed by atoms with Crippen molar-refractivity contribution in [3.8, 4) is 5.75 Å². The Balaban J connectivity index is 1.72. The van der Waals surface area contributed by atoms with Crippen molar-refractivity contribution in [2.75, 3.05) is 17.7 Å². The molecule has 2 N–H and O–H groups in total. The summed E-state index contributed by atoms with van der Waals surface area (Å²) in [4.78, 5) is 4.54. The van der Waals surface area contributed by atoms with E-state index in [9.17, 15) is 0 Å². The molecule has 2 aromatic carbocycles. The topological polar surface area (TPSA) is 72.0 Å². The number of aromatic nitrogens is 3. The second kappa shape index (κ2) is 8.49. The van der Waals surface area contributed by atoms with E-state index in [1.54, 1.807) is 13.3 Å². The van der Waals surface area contributed by atoms with Gasteiger partial charge in [0, 0.05) is 12.2 Å². The number of ether oxygens (including phenoxy) is 1. The lowest BCUT2D eigenvalue weighted by molar-refractivity contribution is 0.414. The van der Waals surface area contributed by atoms with Crippen molar-refractivity contribution >= 4 is 17.5 Å². The fourth-order valence-corrected chi connectivity index (χ4v) is 2.83. The summed E-state index contributed by atoms with van der Waals surface area (Å²) >= 11 is 0. The summed E-state index contributed by atoms with van der Waals surface area (Å²) in [6, 6.07) is 14.2. The first-order chi connectivity index (χ1) is 13.1. The molecule has 0 amide bonds. The number of aryl methyl sites for hydroxylation is 1. The van der Waals surface area contributed by atoms with E-state index in [1.807, 2.05) is 24.3 Å². The number of hydrogen-bond acceptors (Lipinski definition) is 6. The third kappa shape index (κ3) is 4.73. The molecule has 0 aliphatic rings. The van der Waals surface area contributed by atoms with Gasteiger partial charge in [-0.05, 0) is 41.7 Å². The number of nitrogens with zero attached hydrogens (tertiary/aromatic N) is 3. The molecule has 3 rings (SSSR count). The van der Waals surface area contributed by atoms with E-state index in [4.69, 9.17) is 4.74 Å². The number of para-hydroxylation sites is 1. The van der Waals surface area contributed by atoms with Crippen LogP contribution in [0.25, 0.3) is 0 Å². The lowest BCUT2D eigenvalue weighted by Crippen LogP contribution is -2.07. The molecule has 0 saturated carbocycles. The Bertz CT molecular complexity index is 893. The van der Waals surface area contributed by atoms with Crippen LogP contribution in [0.5, 0.6) is 5.75 Å². The first kappa shape index (κ1) is 18.6. The maximum Gasteiger partial charge on any atom is 0.249 e. The second-order valence-corrected chi connectivity index (χ2v) is 6.69. The lowest BCUT2D eigenvalue weighted by atomic mass is 9.98. The highest BCUT2D eigenvalue weighted by molar-refractivity contribution is 5.64. The van der Waals surface area contributed by atoms with E-state index in [1.165, 1.54) is 5.56 Å². The molecule has 0 fully saturated rings. The Kier molecular flexibility index (Phi) is 5.86. The normalized spacial score (nSPS) is 10.7. The van der Waals surface area contributed by atoms with Gasteiger partial charge in [0.1, 0.15) is 5.75 Å². The summed E-state index contributed by atoms with van der Waals surface area (Å²) in [5, 5.41) is 14.8. The van der Waals surface area contributed by atoms with Gasteiger partial charge < -0.3 is 15.4 Å². The van der Waals surface area contributed by atoms with E-state index >= 15 is 0 Å². The third-order valence-electron chi connectivity index (χ3n) is 4.36. The predicted octanol–water partition coefficient (Wildman–Crippen LogP) is 4.67. The summed E-state index contributed by atoms with van der Waals surface area (Å²) in [5.41, 5.74) is 4.56. The molecule has 0 saturated heterocycles. The molecule has 0 bridgehead atoms. The maximum atomic E-state index is 5.18. The molecule has 27 heavy (non-hydrogen) atoms. The Morgan fingerprint density at radius 3 is 2.56 bits per heavy atom. The Morgan fingerprint density at radius 1 is 1.07 bits per heavy atom. The van der Waals surface area contributed by atoms with Crippen LogP contribution in [0.15, 0.2) is 48.7 Å². The number of anilines is 3. The van der Waals surface area contributed by atoms with Crippen molar-refractivity contribution in [1.29, 1.82) is 0 Å². The molecule has 140 valence electrons. The van der Waals surface area contributed by atoms with E-state index < -0.39 is 0 Å². The van der Waals surface area contributed by atoms with Gasteiger partial charge in [-0.15, -0.1) is 5.10 Å². The average Bonchev–Trinajstić information content (AvgIpc) is 2.68. The number of benzene rings is 2. The SMILES string of the molecule is COc1ccc(CNc2cnnc(Nc3c(C)cccc3C(C)C)n2)cc1. The van der Waals surface area contributed by atoms with Crippen molar-refractivity contribution in [3.63, 3.8) is 0 Å². The molecule has 3 aromatic rings. The summed E-state index contributed by atoms with van der Waals surface area (Å²) in [7, 11) is 1.66. The van der Waals surface area contributed by atoms with Crippen LogP contribution in [-0.2, 0) is 6.54 Å². The van der Waals surface area contributed by atoms with Crippen LogP contribution in [0, 0.1) is 6.92 Å². The van der Waals surface area contributed by atoms with Crippen LogP contribution in [0.3, 0.4) is 0 Å². The van der Waals surface area contributed by atoms with Gasteiger partial charge in [0.05, 0.1) is 13.3 Å². The van der Waals surface area contributed by atoms with Gasteiger partial charge in [0.25, 0.3) is 0 Å². The van der Waals surface area contributed by atoms with Crippen LogP contribution in [0.4, 0.5) is 17.5 Å². The molecule has 1 heterocycles. The van der Waals surface area contributed by atoms with Crippen molar-refractivity contribution in [3.05, 3.63) is 65.4 Å². The van der Waals surface area contributed by atoms with Crippen molar-refractivity contribution < 1.29 is 4.74 Å². The minimum absolute atomic E-state index is 0.400. The van der Waals surface area contributed by atoms with Crippen LogP contribution >= 0.6 is 0 Å². The minimum Gasteiger partial charge on any atom is -0.497 e. The number of methoxy groups -OCH3 is 1. The molecule has 1 aromatic heterocycles. The molecule has 0 aliphatic carbocycles. The van der Waals surface area contributed by atoms with Crippen LogP contribution in [0.1, 0.15) is 36.5 Å². The first-order valence-corrected chi connectivity index (χ1v) is 9.00. The van der Waals surface area contributed by atoms with E-state index in [0.717, 1.165) is 22.6 Å². The van der Waals surface area contributed by atoms with Gasteiger partial charge in [-0.25, -0.2) is 0 Å². The monoisotopic (exact) mass is 363 g/mol. The largest absolute Gasteiger partial charge is 0.497 e. The fraction of sp³-hybridized carbons (Fsp3) is 0.286. The molecular formula is C21H25N5O. The van der Waals surface area contributed by atoms with E-state index in [0.29, 0.717) is 24.2 Å².